The first-order valence-electron chi connectivity index (χ1n) is 6.15. The summed E-state index contributed by atoms with van der Waals surface area (Å²) in [5.41, 5.74) is 2.53. The van der Waals surface area contributed by atoms with Crippen LogP contribution >= 0.6 is 11.6 Å². The molecule has 0 spiro atoms. The average molecular weight is 310 g/mol. The van der Waals surface area contributed by atoms with Gasteiger partial charge in [0, 0.05) is 5.02 Å². The standard InChI is InChI=1S/C15H16ClNO2S/c1-12-5-3-8-15(9-12)17(20(2,18)19)11-13-6-4-7-14(16)10-13/h3-10H,11H2,1-2H3. The number of nitrogens with zero attached hydrogens (tertiary/aromatic N) is 1. The van der Waals surface area contributed by atoms with Crippen LogP contribution in [0.1, 0.15) is 11.1 Å². The molecule has 0 fully saturated rings. The van der Waals surface area contributed by atoms with E-state index in [-0.39, 0.29) is 6.54 Å². The number of benzene rings is 2. The van der Waals surface area contributed by atoms with E-state index in [1.165, 1.54) is 10.6 Å². The zero-order chi connectivity index (χ0) is 14.8. The Morgan fingerprint density at radius 2 is 1.80 bits per heavy atom. The molecule has 106 valence electrons. The van der Waals surface area contributed by atoms with Crippen LogP contribution in [0.15, 0.2) is 48.5 Å². The van der Waals surface area contributed by atoms with Gasteiger partial charge < -0.3 is 0 Å². The summed E-state index contributed by atoms with van der Waals surface area (Å²) >= 11 is 5.95. The van der Waals surface area contributed by atoms with Gasteiger partial charge in [-0.1, -0.05) is 35.9 Å². The molecule has 0 aromatic heterocycles. The van der Waals surface area contributed by atoms with Crippen LogP contribution in [0.3, 0.4) is 0 Å². The van der Waals surface area contributed by atoms with Gasteiger partial charge in [-0.15, -0.1) is 0 Å². The van der Waals surface area contributed by atoms with Gasteiger partial charge in [0.2, 0.25) is 10.0 Å². The molecule has 0 heterocycles. The highest BCUT2D eigenvalue weighted by Gasteiger charge is 2.17. The lowest BCUT2D eigenvalue weighted by molar-refractivity contribution is 0.596. The molecule has 0 aliphatic carbocycles. The van der Waals surface area contributed by atoms with Crippen LogP contribution in [0.25, 0.3) is 0 Å². The van der Waals surface area contributed by atoms with E-state index in [4.69, 9.17) is 11.6 Å². The quantitative estimate of drug-likeness (QED) is 0.865. The second-order valence-corrected chi connectivity index (χ2v) is 7.08. The third-order valence-electron chi connectivity index (χ3n) is 2.91. The smallest absolute Gasteiger partial charge is 0.232 e. The van der Waals surface area contributed by atoms with Crippen molar-refractivity contribution in [3.8, 4) is 0 Å². The van der Waals surface area contributed by atoms with Crippen molar-refractivity contribution in [3.05, 3.63) is 64.7 Å². The van der Waals surface area contributed by atoms with Crippen LogP contribution in [0.2, 0.25) is 5.02 Å². The van der Waals surface area contributed by atoms with E-state index < -0.39 is 10.0 Å². The van der Waals surface area contributed by atoms with Crippen molar-refractivity contribution >= 4 is 27.3 Å². The summed E-state index contributed by atoms with van der Waals surface area (Å²) in [6.07, 6.45) is 1.21. The normalized spacial score (nSPS) is 11.3. The second kappa shape index (κ2) is 5.85. The van der Waals surface area contributed by atoms with Crippen LogP contribution in [0, 0.1) is 6.92 Å². The number of hydrogen-bond acceptors (Lipinski definition) is 2. The highest BCUT2D eigenvalue weighted by molar-refractivity contribution is 7.92. The molecular formula is C15H16ClNO2S. The zero-order valence-electron chi connectivity index (χ0n) is 11.4. The Morgan fingerprint density at radius 3 is 2.40 bits per heavy atom. The fourth-order valence-electron chi connectivity index (χ4n) is 1.98. The lowest BCUT2D eigenvalue weighted by Crippen LogP contribution is -2.29. The molecule has 5 heteroatoms. The lowest BCUT2D eigenvalue weighted by atomic mass is 10.2. The minimum atomic E-state index is -3.36. The van der Waals surface area contributed by atoms with Crippen molar-refractivity contribution in [2.24, 2.45) is 0 Å². The van der Waals surface area contributed by atoms with E-state index in [0.29, 0.717) is 10.7 Å². The summed E-state index contributed by atoms with van der Waals surface area (Å²) in [7, 11) is -3.36. The van der Waals surface area contributed by atoms with Gasteiger partial charge >= 0.3 is 0 Å². The highest BCUT2D eigenvalue weighted by atomic mass is 35.5. The molecule has 3 nitrogen and oxygen atoms in total. The van der Waals surface area contributed by atoms with E-state index in [0.717, 1.165) is 11.1 Å². The Morgan fingerprint density at radius 1 is 1.10 bits per heavy atom. The summed E-state index contributed by atoms with van der Waals surface area (Å²) in [4.78, 5) is 0. The summed E-state index contributed by atoms with van der Waals surface area (Å²) < 4.78 is 25.4. The molecule has 0 radical (unpaired) electrons. The maximum Gasteiger partial charge on any atom is 0.232 e. The molecule has 2 aromatic rings. The number of anilines is 1. The van der Waals surface area contributed by atoms with Gasteiger partial charge in [-0.2, -0.15) is 0 Å². The maximum absolute atomic E-state index is 12.0. The van der Waals surface area contributed by atoms with Gasteiger partial charge in [-0.3, -0.25) is 4.31 Å². The number of hydrogen-bond donors (Lipinski definition) is 0. The van der Waals surface area contributed by atoms with Crippen molar-refractivity contribution < 1.29 is 8.42 Å². The fourth-order valence-corrected chi connectivity index (χ4v) is 3.08. The molecule has 0 atom stereocenters. The van der Waals surface area contributed by atoms with Gasteiger partial charge in [0.05, 0.1) is 18.5 Å². The van der Waals surface area contributed by atoms with Crippen LogP contribution in [-0.2, 0) is 16.6 Å². The molecule has 0 N–H and O–H groups in total. The summed E-state index contributed by atoms with van der Waals surface area (Å²) in [6, 6.07) is 14.6. The van der Waals surface area contributed by atoms with Gasteiger partial charge in [-0.05, 0) is 42.3 Å². The van der Waals surface area contributed by atoms with Crippen molar-refractivity contribution in [3.63, 3.8) is 0 Å². The minimum Gasteiger partial charge on any atom is -0.266 e. The number of sulfonamides is 1. The number of rotatable bonds is 4. The van der Waals surface area contributed by atoms with Crippen LogP contribution in [-0.4, -0.2) is 14.7 Å². The molecule has 0 saturated carbocycles. The SMILES string of the molecule is Cc1cccc(N(Cc2cccc(Cl)c2)S(C)(=O)=O)c1. The van der Waals surface area contributed by atoms with Crippen LogP contribution in [0.4, 0.5) is 5.69 Å². The summed E-state index contributed by atoms with van der Waals surface area (Å²) in [6.45, 7) is 2.20. The molecule has 0 saturated heterocycles. The Balaban J connectivity index is 2.40. The second-order valence-electron chi connectivity index (χ2n) is 4.74. The van der Waals surface area contributed by atoms with E-state index >= 15 is 0 Å². The van der Waals surface area contributed by atoms with Gasteiger partial charge in [0.15, 0.2) is 0 Å². The largest absolute Gasteiger partial charge is 0.266 e. The third kappa shape index (κ3) is 3.74. The predicted octanol–water partition coefficient (Wildman–Crippen LogP) is 3.61. The first-order chi connectivity index (χ1) is 9.36. The zero-order valence-corrected chi connectivity index (χ0v) is 12.9. The molecular weight excluding hydrogens is 294 g/mol. The molecule has 0 amide bonds. The molecule has 2 aromatic carbocycles. The molecule has 0 bridgehead atoms. The van der Waals surface area contributed by atoms with Gasteiger partial charge in [0.25, 0.3) is 0 Å². The van der Waals surface area contributed by atoms with Crippen molar-refractivity contribution in [2.45, 2.75) is 13.5 Å². The lowest BCUT2D eigenvalue weighted by Gasteiger charge is -2.23. The molecule has 0 aliphatic rings. The van der Waals surface area contributed by atoms with Gasteiger partial charge in [-0.25, -0.2) is 8.42 Å². The van der Waals surface area contributed by atoms with Crippen molar-refractivity contribution in [2.75, 3.05) is 10.6 Å². The third-order valence-corrected chi connectivity index (χ3v) is 4.28. The molecule has 2 rings (SSSR count). The highest BCUT2D eigenvalue weighted by Crippen LogP contribution is 2.22. The molecule has 0 unspecified atom stereocenters. The predicted molar refractivity (Wildman–Crippen MR) is 83.7 cm³/mol. The summed E-state index contributed by atoms with van der Waals surface area (Å²) in [5, 5.41) is 0.597. The Hall–Kier alpha value is -1.52. The van der Waals surface area contributed by atoms with Gasteiger partial charge in [0.1, 0.15) is 0 Å². The van der Waals surface area contributed by atoms with E-state index in [1.807, 2.05) is 37.3 Å². The van der Waals surface area contributed by atoms with E-state index in [1.54, 1.807) is 18.2 Å². The summed E-state index contributed by atoms with van der Waals surface area (Å²) in [5.74, 6) is 0. The van der Waals surface area contributed by atoms with Crippen LogP contribution in [0.5, 0.6) is 0 Å². The topological polar surface area (TPSA) is 37.4 Å². The number of halogens is 1. The fraction of sp³-hybridized carbons (Fsp3) is 0.200. The first kappa shape index (κ1) is 14.9. The average Bonchev–Trinajstić information content (AvgIpc) is 2.34. The maximum atomic E-state index is 12.0. The number of aryl methyl sites for hydroxylation is 1. The molecule has 20 heavy (non-hydrogen) atoms. The van der Waals surface area contributed by atoms with Crippen molar-refractivity contribution in [1.29, 1.82) is 0 Å². The Bertz CT molecular complexity index is 713. The molecule has 0 aliphatic heterocycles. The van der Waals surface area contributed by atoms with E-state index in [2.05, 4.69) is 0 Å². The minimum absolute atomic E-state index is 0.267. The monoisotopic (exact) mass is 309 g/mol. The van der Waals surface area contributed by atoms with E-state index in [9.17, 15) is 8.42 Å². The van der Waals surface area contributed by atoms with Crippen LogP contribution < -0.4 is 4.31 Å². The Labute approximate surface area is 124 Å². The Kier molecular flexibility index (Phi) is 4.35. The first-order valence-corrected chi connectivity index (χ1v) is 8.38. The van der Waals surface area contributed by atoms with Crippen molar-refractivity contribution in [1.82, 2.24) is 0 Å².